The Balaban J connectivity index is 0.000000286. The number of halogens is 1. The molecule has 0 saturated heterocycles. The Labute approximate surface area is 468 Å². The minimum absolute atomic E-state index is 0. The zero-order valence-corrected chi connectivity index (χ0v) is 50.8. The average Bonchev–Trinajstić information content (AvgIpc) is 4.08. The Kier molecular flexibility index (Phi) is 26.3. The van der Waals surface area contributed by atoms with Crippen LogP contribution in [0.5, 0.6) is 0 Å². The summed E-state index contributed by atoms with van der Waals surface area (Å²) in [5.74, 6) is 3.05. The van der Waals surface area contributed by atoms with Gasteiger partial charge in [0.05, 0.1) is 5.69 Å². The molecule has 0 aliphatic heterocycles. The molecule has 5 aromatic rings. The quantitative estimate of drug-likeness (QED) is 0.0546. The number of nitrogen functional groups attached to an aromatic ring is 1. The first kappa shape index (κ1) is 65.1. The number of para-hydroxylation sites is 2. The van der Waals surface area contributed by atoms with E-state index in [9.17, 15) is 9.59 Å². The Morgan fingerprint density at radius 1 is 0.526 bits per heavy atom. The molecular formula is C68H100ClN5O2. The Hall–Kier alpha value is -5.20. The maximum atomic E-state index is 13.2. The highest BCUT2D eigenvalue weighted by Crippen LogP contribution is 2.46. The van der Waals surface area contributed by atoms with E-state index in [-0.39, 0.29) is 23.2 Å². The molecule has 2 aliphatic carbocycles. The number of ketones is 1. The molecule has 416 valence electrons. The molecule has 0 spiro atoms. The van der Waals surface area contributed by atoms with E-state index in [1.807, 2.05) is 18.2 Å². The summed E-state index contributed by atoms with van der Waals surface area (Å²) in [7, 11) is 8.31. The molecule has 5 aromatic carbocycles. The monoisotopic (exact) mass is 1050 g/mol. The highest BCUT2D eigenvalue weighted by Gasteiger charge is 2.36. The van der Waals surface area contributed by atoms with Gasteiger partial charge in [0.1, 0.15) is 5.78 Å². The van der Waals surface area contributed by atoms with Crippen molar-refractivity contribution >= 4 is 47.0 Å². The first-order valence-electron chi connectivity index (χ1n) is 28.5. The lowest BCUT2D eigenvalue weighted by Gasteiger charge is -2.30. The number of hydrogen-bond donors (Lipinski definition) is 2. The standard InChI is InChI=1S/C29H41NO.C14H22N2.C13H17NO.C12H19N.ClH/c1-21(2)26-10-9-11-27(22(3)4)28(26)20-25(31)16-19-29(17-7-8-18-29)23-12-14-24(15-13-23)30(5)6;1-16(2)13-7-5-12(6-8-13)14(11-15)9-3-4-10-14;1-9(2)11-6-5-7-12(10(3)4)13(11)14-8-15;1-8(2)10-6-5-7-11(9(3)4)12(10)13;/h9-15,21-22H,7-8,16-20H2,1-6H3;5-8H,3-4,9-11,15H2,1-2H3;5-7,9-10H,1-4H3;5-9H,13H2,1-4H3;1H. The van der Waals surface area contributed by atoms with E-state index in [0.29, 0.717) is 54.1 Å². The number of hydrogen-bond acceptors (Lipinski definition) is 7. The zero-order chi connectivity index (χ0) is 55.6. The van der Waals surface area contributed by atoms with Crippen LogP contribution in [-0.4, -0.2) is 46.6 Å². The van der Waals surface area contributed by atoms with Crippen molar-refractivity contribution in [3.63, 3.8) is 0 Å². The summed E-state index contributed by atoms with van der Waals surface area (Å²) in [4.78, 5) is 31.8. The second-order valence-electron chi connectivity index (χ2n) is 24.0. The number of anilines is 3. The van der Waals surface area contributed by atoms with E-state index >= 15 is 0 Å². The molecule has 0 atom stereocenters. The predicted molar refractivity (Wildman–Crippen MR) is 332 cm³/mol. The van der Waals surface area contributed by atoms with Crippen LogP contribution in [0.25, 0.3) is 0 Å². The van der Waals surface area contributed by atoms with Crippen LogP contribution in [0.4, 0.5) is 22.7 Å². The topological polar surface area (TPSA) is 105 Å². The fourth-order valence-corrected chi connectivity index (χ4v) is 11.5. The molecule has 8 heteroatoms. The third-order valence-corrected chi connectivity index (χ3v) is 16.2. The van der Waals surface area contributed by atoms with Gasteiger partial charge in [-0.05, 0) is 147 Å². The van der Waals surface area contributed by atoms with Gasteiger partial charge in [0, 0.05) is 70.1 Å². The van der Waals surface area contributed by atoms with Crippen LogP contribution in [0, 0.1) is 0 Å². The van der Waals surface area contributed by atoms with Crippen LogP contribution in [0.3, 0.4) is 0 Å². The summed E-state index contributed by atoms with van der Waals surface area (Å²) in [5.41, 5.74) is 28.4. The minimum Gasteiger partial charge on any atom is -0.398 e. The van der Waals surface area contributed by atoms with Gasteiger partial charge < -0.3 is 21.3 Å². The van der Waals surface area contributed by atoms with Crippen molar-refractivity contribution in [2.45, 2.75) is 200 Å². The normalized spacial score (nSPS) is 14.3. The molecule has 2 saturated carbocycles. The van der Waals surface area contributed by atoms with Crippen molar-refractivity contribution in [2.75, 3.05) is 50.3 Å². The van der Waals surface area contributed by atoms with Crippen LogP contribution in [-0.2, 0) is 26.8 Å². The molecule has 0 radical (unpaired) electrons. The fourth-order valence-electron chi connectivity index (χ4n) is 11.5. The maximum absolute atomic E-state index is 13.2. The Morgan fingerprint density at radius 2 is 0.855 bits per heavy atom. The van der Waals surface area contributed by atoms with E-state index in [0.717, 1.165) is 35.5 Å². The van der Waals surface area contributed by atoms with Crippen LogP contribution >= 0.6 is 12.4 Å². The smallest absolute Gasteiger partial charge is 0.240 e. The fraction of sp³-hybridized carbons (Fsp3) is 0.529. The van der Waals surface area contributed by atoms with E-state index in [1.165, 1.54) is 102 Å². The summed E-state index contributed by atoms with van der Waals surface area (Å²) >= 11 is 0. The van der Waals surface area contributed by atoms with Gasteiger partial charge in [0.25, 0.3) is 0 Å². The highest BCUT2D eigenvalue weighted by atomic mass is 35.5. The number of carbonyl (C=O) groups excluding carboxylic acids is 2. The number of nitrogens with zero attached hydrogens (tertiary/aromatic N) is 3. The molecule has 0 unspecified atom stereocenters. The van der Waals surface area contributed by atoms with Crippen LogP contribution in [0.2, 0.25) is 0 Å². The largest absolute Gasteiger partial charge is 0.398 e. The zero-order valence-electron chi connectivity index (χ0n) is 50.0. The first-order chi connectivity index (χ1) is 35.5. The highest BCUT2D eigenvalue weighted by molar-refractivity contribution is 5.85. The van der Waals surface area contributed by atoms with Crippen molar-refractivity contribution in [1.82, 2.24) is 0 Å². The first-order valence-corrected chi connectivity index (χ1v) is 28.5. The second kappa shape index (κ2) is 30.7. The number of isocyanates is 1. The molecule has 0 bridgehead atoms. The molecule has 7 nitrogen and oxygen atoms in total. The number of carbonyl (C=O) groups is 1. The Bertz CT molecular complexity index is 2490. The van der Waals surface area contributed by atoms with Gasteiger partial charge in [0.2, 0.25) is 6.08 Å². The van der Waals surface area contributed by atoms with Gasteiger partial charge in [0.15, 0.2) is 0 Å². The Morgan fingerprint density at radius 3 is 1.18 bits per heavy atom. The van der Waals surface area contributed by atoms with Crippen molar-refractivity contribution in [3.05, 3.63) is 153 Å². The molecule has 0 heterocycles. The summed E-state index contributed by atoms with van der Waals surface area (Å²) < 4.78 is 0. The number of rotatable bonds is 17. The van der Waals surface area contributed by atoms with Gasteiger partial charge in [-0.3, -0.25) is 4.79 Å². The predicted octanol–water partition coefficient (Wildman–Crippen LogP) is 17.8. The average molecular weight is 1060 g/mol. The lowest BCUT2D eigenvalue weighted by Crippen LogP contribution is -2.31. The van der Waals surface area contributed by atoms with Gasteiger partial charge >= 0.3 is 0 Å². The van der Waals surface area contributed by atoms with Gasteiger partial charge in [-0.1, -0.05) is 188 Å². The third kappa shape index (κ3) is 17.4. The molecule has 76 heavy (non-hydrogen) atoms. The molecule has 4 N–H and O–H groups in total. The van der Waals surface area contributed by atoms with E-state index in [4.69, 9.17) is 11.5 Å². The molecule has 2 aliphatic rings. The number of aliphatic imine (C=N–C) groups is 1. The van der Waals surface area contributed by atoms with E-state index < -0.39 is 0 Å². The minimum atomic E-state index is 0. The molecule has 0 amide bonds. The SMILES string of the molecule is CC(C)c1cccc(C(C)C)c1CC(=O)CCC1(c2ccc(N(C)C)cc2)CCCC1.CC(C)c1cccc(C(C)C)c1N.CC(C)c1cccc(C(C)C)c1N=C=O.CN(C)c1ccc(C2(CN)CCCC2)cc1.Cl. The van der Waals surface area contributed by atoms with Crippen LogP contribution in [0.15, 0.2) is 108 Å². The molecule has 2 fully saturated rings. The third-order valence-electron chi connectivity index (χ3n) is 16.2. The van der Waals surface area contributed by atoms with E-state index in [1.54, 1.807) is 6.08 Å². The second-order valence-corrected chi connectivity index (χ2v) is 24.0. The van der Waals surface area contributed by atoms with E-state index in [2.05, 4.69) is 211 Å². The van der Waals surface area contributed by atoms with Gasteiger partial charge in [-0.15, -0.1) is 12.4 Å². The summed E-state index contributed by atoms with van der Waals surface area (Å²) in [5, 5.41) is 0. The van der Waals surface area contributed by atoms with Crippen molar-refractivity contribution < 1.29 is 9.59 Å². The van der Waals surface area contributed by atoms with Crippen molar-refractivity contribution in [1.29, 1.82) is 0 Å². The lowest BCUT2D eigenvalue weighted by molar-refractivity contribution is -0.118. The number of nitrogens with two attached hydrogens (primary N) is 2. The van der Waals surface area contributed by atoms with Gasteiger partial charge in [-0.2, -0.15) is 4.99 Å². The number of Topliss-reactive ketones (excluding diaryl/α,β-unsaturated/α-hetero) is 1. The van der Waals surface area contributed by atoms with Gasteiger partial charge in [-0.25, -0.2) is 4.79 Å². The maximum Gasteiger partial charge on any atom is 0.240 e. The summed E-state index contributed by atoms with van der Waals surface area (Å²) in [6.45, 7) is 26.8. The molecule has 0 aromatic heterocycles. The van der Waals surface area contributed by atoms with Crippen molar-refractivity contribution in [2.24, 2.45) is 10.7 Å². The number of benzene rings is 5. The molecule has 7 rings (SSSR count). The molecular weight excluding hydrogens is 954 g/mol. The summed E-state index contributed by atoms with van der Waals surface area (Å²) in [6, 6.07) is 36.9. The van der Waals surface area contributed by atoms with Crippen LogP contribution in [0.1, 0.15) is 233 Å². The lowest BCUT2D eigenvalue weighted by atomic mass is 9.74. The van der Waals surface area contributed by atoms with Crippen molar-refractivity contribution in [3.8, 4) is 0 Å². The van der Waals surface area contributed by atoms with Crippen LogP contribution < -0.4 is 21.3 Å². The summed E-state index contributed by atoms with van der Waals surface area (Å²) in [6.07, 6.45) is 14.0.